The molecule has 2 rings (SSSR count). The summed E-state index contributed by atoms with van der Waals surface area (Å²) < 4.78 is 28.4. The molecule has 0 aliphatic carbocycles. The van der Waals surface area contributed by atoms with Crippen LogP contribution in [0.25, 0.3) is 0 Å². The van der Waals surface area contributed by atoms with E-state index in [1.54, 1.807) is 24.3 Å². The molecule has 0 fully saturated rings. The first-order chi connectivity index (χ1) is 9.47. The second kappa shape index (κ2) is 5.92. The average molecular weight is 279 g/mol. The third kappa shape index (κ3) is 3.27. The van der Waals surface area contributed by atoms with Crippen molar-refractivity contribution >= 4 is 5.78 Å². The number of ketones is 1. The van der Waals surface area contributed by atoms with E-state index in [2.05, 4.69) is 4.98 Å². The molecule has 0 saturated carbocycles. The number of hydrogen-bond acceptors (Lipinski definition) is 3. The molecule has 0 unspecified atom stereocenters. The minimum atomic E-state index is -0.707. The molecular formula is C14H15F2N3O. The van der Waals surface area contributed by atoms with Gasteiger partial charge in [0, 0.05) is 19.4 Å². The first-order valence-electron chi connectivity index (χ1n) is 6.10. The third-order valence-corrected chi connectivity index (χ3v) is 2.97. The third-order valence-electron chi connectivity index (χ3n) is 2.97. The number of aromatic nitrogens is 2. The number of rotatable bonds is 5. The largest absolute Gasteiger partial charge is 0.337 e. The number of carbonyl (C=O) groups excluding carboxylic acids is 1. The highest BCUT2D eigenvalue weighted by Gasteiger charge is 2.15. The van der Waals surface area contributed by atoms with E-state index >= 15 is 0 Å². The summed E-state index contributed by atoms with van der Waals surface area (Å²) in [6, 6.07) is 2.87. The fraction of sp³-hybridized carbons (Fsp3) is 0.286. The number of likely N-dealkylation sites (N-methyl/N-ethyl adjacent to an activating group) is 1. The highest BCUT2D eigenvalue weighted by Crippen LogP contribution is 2.11. The number of halogens is 2. The Hall–Kier alpha value is -2.08. The predicted molar refractivity (Wildman–Crippen MR) is 70.2 cm³/mol. The first-order valence-corrected chi connectivity index (χ1v) is 6.10. The minimum absolute atomic E-state index is 0.00671. The smallest absolute Gasteiger partial charge is 0.179 e. The van der Waals surface area contributed by atoms with E-state index in [1.807, 2.05) is 11.6 Å². The lowest BCUT2D eigenvalue weighted by molar-refractivity contribution is 0.0937. The van der Waals surface area contributed by atoms with Gasteiger partial charge in [0.25, 0.3) is 0 Å². The van der Waals surface area contributed by atoms with Gasteiger partial charge in [0.05, 0.1) is 18.7 Å². The SMILES string of the molecule is CN(CC(=O)c1cc(F)ccc1F)Cc1nccn1C. The van der Waals surface area contributed by atoms with Crippen molar-refractivity contribution in [3.8, 4) is 0 Å². The predicted octanol–water partition coefficient (Wildman–Crippen LogP) is 2.01. The van der Waals surface area contributed by atoms with E-state index in [1.165, 1.54) is 0 Å². The van der Waals surface area contributed by atoms with Gasteiger partial charge in [-0.3, -0.25) is 9.69 Å². The summed E-state index contributed by atoms with van der Waals surface area (Å²) in [7, 11) is 3.58. The van der Waals surface area contributed by atoms with Crippen LogP contribution >= 0.6 is 0 Å². The van der Waals surface area contributed by atoms with Crippen LogP contribution in [-0.2, 0) is 13.6 Å². The summed E-state index contributed by atoms with van der Waals surface area (Å²) in [5.74, 6) is -0.998. The van der Waals surface area contributed by atoms with E-state index in [9.17, 15) is 13.6 Å². The number of nitrogens with zero attached hydrogens (tertiary/aromatic N) is 3. The normalized spacial score (nSPS) is 11.1. The Morgan fingerprint density at radius 3 is 2.80 bits per heavy atom. The van der Waals surface area contributed by atoms with Crippen LogP contribution in [0.2, 0.25) is 0 Å². The Morgan fingerprint density at radius 2 is 2.15 bits per heavy atom. The Labute approximate surface area is 115 Å². The van der Waals surface area contributed by atoms with Crippen LogP contribution in [-0.4, -0.2) is 33.8 Å². The molecule has 1 heterocycles. The van der Waals surface area contributed by atoms with Crippen LogP contribution in [0.4, 0.5) is 8.78 Å². The summed E-state index contributed by atoms with van der Waals surface area (Å²) in [6.07, 6.45) is 3.47. The number of Topliss-reactive ketones (excluding diaryl/α,β-unsaturated/α-hetero) is 1. The molecule has 0 atom stereocenters. The van der Waals surface area contributed by atoms with E-state index in [0.29, 0.717) is 6.54 Å². The standard InChI is InChI=1S/C14H15F2N3O/c1-18(9-14-17-5-6-19(14)2)8-13(20)11-7-10(15)3-4-12(11)16/h3-7H,8-9H2,1-2H3. The van der Waals surface area contributed by atoms with Crippen molar-refractivity contribution in [2.45, 2.75) is 6.54 Å². The highest BCUT2D eigenvalue weighted by molar-refractivity contribution is 5.97. The van der Waals surface area contributed by atoms with Crippen molar-refractivity contribution in [3.63, 3.8) is 0 Å². The van der Waals surface area contributed by atoms with Crippen molar-refractivity contribution in [2.24, 2.45) is 7.05 Å². The van der Waals surface area contributed by atoms with E-state index in [-0.39, 0.29) is 12.1 Å². The first kappa shape index (κ1) is 14.3. The lowest BCUT2D eigenvalue weighted by Gasteiger charge is -2.15. The fourth-order valence-corrected chi connectivity index (χ4v) is 1.89. The Bertz CT molecular complexity index is 625. The fourth-order valence-electron chi connectivity index (χ4n) is 1.89. The molecule has 1 aromatic heterocycles. The van der Waals surface area contributed by atoms with Gasteiger partial charge in [-0.2, -0.15) is 0 Å². The van der Waals surface area contributed by atoms with Gasteiger partial charge in [-0.1, -0.05) is 0 Å². The van der Waals surface area contributed by atoms with Gasteiger partial charge in [0.2, 0.25) is 0 Å². The molecule has 0 radical (unpaired) electrons. The van der Waals surface area contributed by atoms with E-state index in [4.69, 9.17) is 0 Å². The Kier molecular flexibility index (Phi) is 4.24. The second-order valence-corrected chi connectivity index (χ2v) is 4.67. The van der Waals surface area contributed by atoms with E-state index in [0.717, 1.165) is 24.0 Å². The molecule has 4 nitrogen and oxygen atoms in total. The molecule has 2 aromatic rings. The summed E-state index contributed by atoms with van der Waals surface area (Å²) in [5, 5.41) is 0. The van der Waals surface area contributed by atoms with Crippen molar-refractivity contribution in [1.82, 2.24) is 14.5 Å². The zero-order valence-electron chi connectivity index (χ0n) is 11.3. The van der Waals surface area contributed by atoms with Crippen LogP contribution in [0.5, 0.6) is 0 Å². The van der Waals surface area contributed by atoms with Gasteiger partial charge in [0.15, 0.2) is 5.78 Å². The quantitative estimate of drug-likeness (QED) is 0.786. The van der Waals surface area contributed by atoms with Crippen LogP contribution in [0.3, 0.4) is 0 Å². The van der Waals surface area contributed by atoms with E-state index < -0.39 is 17.4 Å². The molecule has 0 bridgehead atoms. The lowest BCUT2D eigenvalue weighted by Crippen LogP contribution is -2.27. The van der Waals surface area contributed by atoms with Crippen molar-refractivity contribution in [3.05, 3.63) is 53.6 Å². The van der Waals surface area contributed by atoms with Crippen LogP contribution in [0, 0.1) is 11.6 Å². The van der Waals surface area contributed by atoms with Gasteiger partial charge in [0.1, 0.15) is 17.5 Å². The molecule has 6 heteroatoms. The Morgan fingerprint density at radius 1 is 1.40 bits per heavy atom. The van der Waals surface area contributed by atoms with Gasteiger partial charge in [-0.15, -0.1) is 0 Å². The average Bonchev–Trinajstić information content (AvgIpc) is 2.77. The number of imidazole rings is 1. The monoisotopic (exact) mass is 279 g/mol. The molecule has 0 aliphatic heterocycles. The van der Waals surface area contributed by atoms with Gasteiger partial charge in [-0.25, -0.2) is 13.8 Å². The lowest BCUT2D eigenvalue weighted by atomic mass is 10.1. The molecule has 0 amide bonds. The van der Waals surface area contributed by atoms with Crippen LogP contribution in [0.15, 0.2) is 30.6 Å². The molecule has 0 spiro atoms. The van der Waals surface area contributed by atoms with Gasteiger partial charge in [-0.05, 0) is 25.2 Å². The second-order valence-electron chi connectivity index (χ2n) is 4.67. The van der Waals surface area contributed by atoms with Crippen LogP contribution < -0.4 is 0 Å². The van der Waals surface area contributed by atoms with Gasteiger partial charge < -0.3 is 4.57 Å². The molecule has 1 aromatic carbocycles. The zero-order valence-corrected chi connectivity index (χ0v) is 11.3. The zero-order chi connectivity index (χ0) is 14.7. The molecule has 20 heavy (non-hydrogen) atoms. The molecule has 0 aliphatic rings. The maximum absolute atomic E-state index is 13.5. The number of carbonyl (C=O) groups is 1. The van der Waals surface area contributed by atoms with Crippen molar-refractivity contribution < 1.29 is 13.6 Å². The van der Waals surface area contributed by atoms with Crippen LogP contribution in [0.1, 0.15) is 16.2 Å². The number of hydrogen-bond donors (Lipinski definition) is 0. The maximum atomic E-state index is 13.5. The molecule has 0 saturated heterocycles. The molecule has 0 N–H and O–H groups in total. The topological polar surface area (TPSA) is 38.1 Å². The Balaban J connectivity index is 2.04. The number of aryl methyl sites for hydroxylation is 1. The van der Waals surface area contributed by atoms with Crippen molar-refractivity contribution in [1.29, 1.82) is 0 Å². The minimum Gasteiger partial charge on any atom is -0.337 e. The van der Waals surface area contributed by atoms with Crippen molar-refractivity contribution in [2.75, 3.05) is 13.6 Å². The summed E-state index contributed by atoms with van der Waals surface area (Å²) in [6.45, 7) is 0.444. The maximum Gasteiger partial charge on any atom is 0.179 e. The summed E-state index contributed by atoms with van der Waals surface area (Å²) in [5.41, 5.74) is -0.225. The number of benzene rings is 1. The summed E-state index contributed by atoms with van der Waals surface area (Å²) >= 11 is 0. The highest BCUT2D eigenvalue weighted by atomic mass is 19.1. The summed E-state index contributed by atoms with van der Waals surface area (Å²) in [4.78, 5) is 17.8. The molecular weight excluding hydrogens is 264 g/mol. The van der Waals surface area contributed by atoms with Gasteiger partial charge >= 0.3 is 0 Å². The molecule has 106 valence electrons.